The van der Waals surface area contributed by atoms with E-state index >= 15 is 0 Å². The van der Waals surface area contributed by atoms with Crippen LogP contribution in [-0.4, -0.2) is 70.1 Å². The molecule has 0 fully saturated rings. The van der Waals surface area contributed by atoms with E-state index in [1.54, 1.807) is 12.1 Å². The first-order chi connectivity index (χ1) is 10.2. The zero-order valence-corrected chi connectivity index (χ0v) is 14.5. The third-order valence-corrected chi connectivity index (χ3v) is 4.50. The summed E-state index contributed by atoms with van der Waals surface area (Å²) in [5.74, 6) is -0.190. The summed E-state index contributed by atoms with van der Waals surface area (Å²) in [6.45, 7) is 3.52. The van der Waals surface area contributed by atoms with Gasteiger partial charge in [-0.05, 0) is 33.2 Å². The maximum atomic E-state index is 12.0. The van der Waals surface area contributed by atoms with Crippen molar-refractivity contribution in [2.24, 2.45) is 0 Å². The molecule has 1 aromatic rings. The predicted octanol–water partition coefficient (Wildman–Crippen LogP) is 0.548. The first-order valence-electron chi connectivity index (χ1n) is 7.15. The summed E-state index contributed by atoms with van der Waals surface area (Å²) >= 11 is 0. The summed E-state index contributed by atoms with van der Waals surface area (Å²) in [6, 6.07) is 7.28. The zero-order valence-electron chi connectivity index (χ0n) is 13.7. The summed E-state index contributed by atoms with van der Waals surface area (Å²) < 4.78 is 24.8. The van der Waals surface area contributed by atoms with Crippen LogP contribution in [0.5, 0.6) is 0 Å². The normalized spacial score (nSPS) is 11.9. The third kappa shape index (κ3) is 6.55. The third-order valence-electron chi connectivity index (χ3n) is 3.19. The highest BCUT2D eigenvalue weighted by molar-refractivity contribution is 7.88. The van der Waals surface area contributed by atoms with Crippen molar-refractivity contribution >= 4 is 15.9 Å². The molecule has 22 heavy (non-hydrogen) atoms. The Morgan fingerprint density at radius 3 is 2.41 bits per heavy atom. The van der Waals surface area contributed by atoms with Crippen molar-refractivity contribution in [3.63, 3.8) is 0 Å². The van der Waals surface area contributed by atoms with Crippen molar-refractivity contribution in [3.05, 3.63) is 35.4 Å². The molecular weight excluding hydrogens is 302 g/mol. The van der Waals surface area contributed by atoms with E-state index in [1.165, 1.54) is 10.6 Å². The van der Waals surface area contributed by atoms with Crippen LogP contribution in [-0.2, 0) is 10.0 Å². The van der Waals surface area contributed by atoms with Gasteiger partial charge in [0.2, 0.25) is 10.0 Å². The Kier molecular flexibility index (Phi) is 6.99. The number of nitrogens with one attached hydrogen (secondary N) is 1. The van der Waals surface area contributed by atoms with Gasteiger partial charge in [-0.25, -0.2) is 8.42 Å². The van der Waals surface area contributed by atoms with E-state index in [2.05, 4.69) is 5.32 Å². The molecule has 0 aromatic heterocycles. The molecule has 0 bridgehead atoms. The second-order valence-electron chi connectivity index (χ2n) is 5.59. The predicted molar refractivity (Wildman–Crippen MR) is 88.5 cm³/mol. The summed E-state index contributed by atoms with van der Waals surface area (Å²) in [4.78, 5) is 13.9. The maximum Gasteiger partial charge on any atom is 0.251 e. The van der Waals surface area contributed by atoms with Gasteiger partial charge in [0, 0.05) is 31.7 Å². The number of amides is 1. The monoisotopic (exact) mass is 327 g/mol. The van der Waals surface area contributed by atoms with E-state index < -0.39 is 10.0 Å². The van der Waals surface area contributed by atoms with Crippen molar-refractivity contribution < 1.29 is 13.2 Å². The number of hydrogen-bond acceptors (Lipinski definition) is 4. The van der Waals surface area contributed by atoms with Gasteiger partial charge >= 0.3 is 0 Å². The number of aryl methyl sites for hydroxylation is 1. The number of hydrogen-bond donors (Lipinski definition) is 1. The number of sulfonamides is 1. The standard InChI is InChI=1S/C15H25N3O3S/c1-13-6-5-7-14(12-13)15(19)16-8-9-18(22(4,20)21)11-10-17(2)3/h5-7,12H,8-11H2,1-4H3,(H,16,19). The van der Waals surface area contributed by atoms with E-state index in [1.807, 2.05) is 38.1 Å². The van der Waals surface area contributed by atoms with Crippen LogP contribution in [0.2, 0.25) is 0 Å². The molecule has 1 N–H and O–H groups in total. The van der Waals surface area contributed by atoms with Crippen LogP contribution in [0.15, 0.2) is 24.3 Å². The van der Waals surface area contributed by atoms with Gasteiger partial charge in [-0.1, -0.05) is 17.7 Å². The Morgan fingerprint density at radius 1 is 1.18 bits per heavy atom. The van der Waals surface area contributed by atoms with Gasteiger partial charge in [0.25, 0.3) is 5.91 Å². The molecule has 1 amide bonds. The second kappa shape index (κ2) is 8.26. The van der Waals surface area contributed by atoms with Gasteiger partial charge in [0.15, 0.2) is 0 Å². The Labute approximate surface area is 133 Å². The van der Waals surface area contributed by atoms with Gasteiger partial charge in [-0.2, -0.15) is 4.31 Å². The van der Waals surface area contributed by atoms with Crippen molar-refractivity contribution in [2.45, 2.75) is 6.92 Å². The van der Waals surface area contributed by atoms with E-state index in [9.17, 15) is 13.2 Å². The number of nitrogens with zero attached hydrogens (tertiary/aromatic N) is 2. The van der Waals surface area contributed by atoms with Crippen LogP contribution < -0.4 is 5.32 Å². The lowest BCUT2D eigenvalue weighted by Gasteiger charge is -2.22. The van der Waals surface area contributed by atoms with Crippen molar-refractivity contribution in [1.29, 1.82) is 0 Å². The van der Waals surface area contributed by atoms with Crippen LogP contribution in [0, 0.1) is 6.92 Å². The molecular formula is C15H25N3O3S. The summed E-state index contributed by atoms with van der Waals surface area (Å²) in [5, 5.41) is 2.76. The van der Waals surface area contributed by atoms with Crippen LogP contribution >= 0.6 is 0 Å². The molecule has 7 heteroatoms. The van der Waals surface area contributed by atoms with Gasteiger partial charge in [-0.3, -0.25) is 4.79 Å². The smallest absolute Gasteiger partial charge is 0.251 e. The van der Waals surface area contributed by atoms with Gasteiger partial charge in [-0.15, -0.1) is 0 Å². The Morgan fingerprint density at radius 2 is 1.86 bits per heavy atom. The lowest BCUT2D eigenvalue weighted by molar-refractivity contribution is 0.0951. The molecule has 0 saturated heterocycles. The second-order valence-corrected chi connectivity index (χ2v) is 7.57. The van der Waals surface area contributed by atoms with Gasteiger partial charge in [0.1, 0.15) is 0 Å². The Bertz CT molecular complexity index is 600. The van der Waals surface area contributed by atoms with E-state index in [0.29, 0.717) is 18.7 Å². The highest BCUT2D eigenvalue weighted by atomic mass is 32.2. The first kappa shape index (κ1) is 18.6. The molecule has 1 aromatic carbocycles. The number of rotatable bonds is 8. The minimum absolute atomic E-state index is 0.190. The molecule has 0 aliphatic carbocycles. The minimum Gasteiger partial charge on any atom is -0.351 e. The van der Waals surface area contributed by atoms with Crippen LogP contribution in [0.3, 0.4) is 0 Å². The molecule has 0 saturated carbocycles. The lowest BCUT2D eigenvalue weighted by Crippen LogP contribution is -2.41. The molecule has 0 atom stereocenters. The van der Waals surface area contributed by atoms with E-state index in [-0.39, 0.29) is 19.0 Å². The lowest BCUT2D eigenvalue weighted by atomic mass is 10.1. The largest absolute Gasteiger partial charge is 0.351 e. The van der Waals surface area contributed by atoms with E-state index in [4.69, 9.17) is 0 Å². The zero-order chi connectivity index (χ0) is 16.8. The molecule has 124 valence electrons. The molecule has 0 aliphatic heterocycles. The highest BCUT2D eigenvalue weighted by Crippen LogP contribution is 2.03. The van der Waals surface area contributed by atoms with Crippen molar-refractivity contribution in [1.82, 2.24) is 14.5 Å². The Balaban J connectivity index is 2.53. The Hall–Kier alpha value is -1.44. The first-order valence-corrected chi connectivity index (χ1v) is 8.99. The molecule has 0 aliphatic rings. The molecule has 0 radical (unpaired) electrons. The van der Waals surface area contributed by atoms with Gasteiger partial charge in [0.05, 0.1) is 6.26 Å². The van der Waals surface area contributed by atoms with Crippen molar-refractivity contribution in [3.8, 4) is 0 Å². The van der Waals surface area contributed by atoms with Crippen LogP contribution in [0.25, 0.3) is 0 Å². The fourth-order valence-corrected chi connectivity index (χ4v) is 2.77. The number of carbonyl (C=O) groups is 1. The quantitative estimate of drug-likeness (QED) is 0.757. The van der Waals surface area contributed by atoms with Crippen LogP contribution in [0.1, 0.15) is 15.9 Å². The molecule has 1 rings (SSSR count). The summed E-state index contributed by atoms with van der Waals surface area (Å²) in [6.07, 6.45) is 1.19. The molecule has 0 heterocycles. The molecule has 0 spiro atoms. The number of likely N-dealkylation sites (N-methyl/N-ethyl adjacent to an activating group) is 1. The topological polar surface area (TPSA) is 69.7 Å². The number of carbonyl (C=O) groups excluding carboxylic acids is 1. The fraction of sp³-hybridized carbons (Fsp3) is 0.533. The van der Waals surface area contributed by atoms with Gasteiger partial charge < -0.3 is 10.2 Å². The fourth-order valence-electron chi connectivity index (χ4n) is 1.94. The minimum atomic E-state index is -3.27. The van der Waals surface area contributed by atoms with Crippen molar-refractivity contribution in [2.75, 3.05) is 46.5 Å². The maximum absolute atomic E-state index is 12.0. The average molecular weight is 327 g/mol. The summed E-state index contributed by atoms with van der Waals surface area (Å²) in [7, 11) is 0.503. The average Bonchev–Trinajstić information content (AvgIpc) is 2.40. The molecule has 0 unspecified atom stereocenters. The van der Waals surface area contributed by atoms with Crippen LogP contribution in [0.4, 0.5) is 0 Å². The molecule has 6 nitrogen and oxygen atoms in total. The highest BCUT2D eigenvalue weighted by Gasteiger charge is 2.16. The SMILES string of the molecule is Cc1cccc(C(=O)NCCN(CCN(C)C)S(C)(=O)=O)c1. The summed E-state index contributed by atoms with van der Waals surface area (Å²) in [5.41, 5.74) is 1.59. The number of benzene rings is 1. The van der Waals surface area contributed by atoms with E-state index in [0.717, 1.165) is 5.56 Å².